The van der Waals surface area contributed by atoms with Crippen molar-refractivity contribution in [3.63, 3.8) is 0 Å². The Hall–Kier alpha value is -1.94. The summed E-state index contributed by atoms with van der Waals surface area (Å²) in [5, 5.41) is 0.414. The minimum absolute atomic E-state index is 0.130. The third kappa shape index (κ3) is 2.79. The van der Waals surface area contributed by atoms with E-state index in [0.717, 1.165) is 6.07 Å². The Kier molecular flexibility index (Phi) is 3.35. The molecule has 0 spiro atoms. The summed E-state index contributed by atoms with van der Waals surface area (Å²) < 4.78 is 18.3. The number of pyridine rings is 1. The Morgan fingerprint density at radius 1 is 1.29 bits per heavy atom. The molecular weight excluding hydrogens is 245 g/mol. The van der Waals surface area contributed by atoms with Gasteiger partial charge >= 0.3 is 0 Å². The fourth-order valence-corrected chi connectivity index (χ4v) is 1.44. The normalized spacial score (nSPS) is 10.0. The number of hydrogen-bond acceptors (Lipinski definition) is 3. The predicted octanol–water partition coefficient (Wildman–Crippen LogP) is 3.48. The van der Waals surface area contributed by atoms with E-state index in [4.69, 9.17) is 16.3 Å². The highest BCUT2D eigenvalue weighted by Gasteiger charge is 2.06. The molecule has 1 aromatic heterocycles. The van der Waals surface area contributed by atoms with E-state index in [0.29, 0.717) is 17.1 Å². The van der Waals surface area contributed by atoms with Gasteiger partial charge in [0.2, 0.25) is 0 Å². The summed E-state index contributed by atoms with van der Waals surface area (Å²) in [7, 11) is 0. The molecule has 3 nitrogen and oxygen atoms in total. The number of aldehydes is 1. The summed E-state index contributed by atoms with van der Waals surface area (Å²) in [5.74, 6) is 0.140. The SMILES string of the molecule is O=Cc1cc(F)ccc1Oc1cncc(Cl)c1. The number of carbonyl (C=O) groups excluding carboxylic acids is 1. The summed E-state index contributed by atoms with van der Waals surface area (Å²) in [6.07, 6.45) is 3.43. The van der Waals surface area contributed by atoms with Gasteiger partial charge in [-0.05, 0) is 18.2 Å². The molecule has 1 aromatic carbocycles. The zero-order valence-corrected chi connectivity index (χ0v) is 9.32. The number of nitrogens with zero attached hydrogens (tertiary/aromatic N) is 1. The van der Waals surface area contributed by atoms with Crippen molar-refractivity contribution in [2.24, 2.45) is 0 Å². The summed E-state index contributed by atoms with van der Waals surface area (Å²) in [4.78, 5) is 14.6. The molecule has 0 aliphatic heterocycles. The van der Waals surface area contributed by atoms with Gasteiger partial charge in [0.1, 0.15) is 17.3 Å². The number of ether oxygens (including phenoxy) is 1. The molecule has 5 heteroatoms. The molecule has 0 fully saturated rings. The lowest BCUT2D eigenvalue weighted by atomic mass is 10.2. The van der Waals surface area contributed by atoms with Crippen LogP contribution < -0.4 is 4.74 Å². The zero-order valence-electron chi connectivity index (χ0n) is 8.56. The lowest BCUT2D eigenvalue weighted by Crippen LogP contribution is -1.92. The minimum Gasteiger partial charge on any atom is -0.455 e. The Morgan fingerprint density at radius 2 is 2.12 bits per heavy atom. The standard InChI is InChI=1S/C12H7ClFNO2/c13-9-4-11(6-15-5-9)17-12-2-1-10(14)3-8(12)7-16/h1-7H. The first-order chi connectivity index (χ1) is 8.19. The topological polar surface area (TPSA) is 39.2 Å². The Morgan fingerprint density at radius 3 is 2.82 bits per heavy atom. The van der Waals surface area contributed by atoms with E-state index >= 15 is 0 Å². The van der Waals surface area contributed by atoms with Gasteiger partial charge in [0.05, 0.1) is 16.8 Å². The molecule has 17 heavy (non-hydrogen) atoms. The number of hydrogen-bond donors (Lipinski definition) is 0. The monoisotopic (exact) mass is 251 g/mol. The van der Waals surface area contributed by atoms with Crippen molar-refractivity contribution >= 4 is 17.9 Å². The Bertz CT molecular complexity index is 560. The van der Waals surface area contributed by atoms with Crippen LogP contribution in [0.3, 0.4) is 0 Å². The van der Waals surface area contributed by atoms with E-state index in [1.807, 2.05) is 0 Å². The van der Waals surface area contributed by atoms with E-state index in [1.165, 1.54) is 24.5 Å². The Labute approximate surface area is 102 Å². The molecular formula is C12H7ClFNO2. The van der Waals surface area contributed by atoms with Crippen molar-refractivity contribution in [3.05, 3.63) is 53.1 Å². The van der Waals surface area contributed by atoms with Crippen LogP contribution in [0, 0.1) is 5.82 Å². The second kappa shape index (κ2) is 4.93. The lowest BCUT2D eigenvalue weighted by molar-refractivity contribution is 0.112. The molecule has 1 heterocycles. The molecule has 0 saturated carbocycles. The average molecular weight is 252 g/mol. The highest BCUT2D eigenvalue weighted by Crippen LogP contribution is 2.26. The number of carbonyl (C=O) groups is 1. The van der Waals surface area contributed by atoms with Crippen LogP contribution in [-0.4, -0.2) is 11.3 Å². The summed E-state index contributed by atoms with van der Waals surface area (Å²) in [5.41, 5.74) is 0.130. The van der Waals surface area contributed by atoms with Gasteiger partial charge in [0, 0.05) is 12.3 Å². The predicted molar refractivity (Wildman–Crippen MR) is 61.1 cm³/mol. The summed E-state index contributed by atoms with van der Waals surface area (Å²) >= 11 is 5.74. The molecule has 0 saturated heterocycles. The van der Waals surface area contributed by atoms with Crippen LogP contribution >= 0.6 is 11.6 Å². The van der Waals surface area contributed by atoms with E-state index in [-0.39, 0.29) is 11.3 Å². The first kappa shape index (κ1) is 11.5. The van der Waals surface area contributed by atoms with Crippen molar-refractivity contribution in [2.75, 3.05) is 0 Å². The molecule has 0 unspecified atom stereocenters. The summed E-state index contributed by atoms with van der Waals surface area (Å²) in [6, 6.07) is 5.23. The van der Waals surface area contributed by atoms with Crippen molar-refractivity contribution in [1.29, 1.82) is 0 Å². The van der Waals surface area contributed by atoms with Crippen LogP contribution in [0.15, 0.2) is 36.7 Å². The van der Waals surface area contributed by atoms with Crippen LogP contribution in [-0.2, 0) is 0 Å². The van der Waals surface area contributed by atoms with Crippen LogP contribution in [0.5, 0.6) is 11.5 Å². The number of rotatable bonds is 3. The molecule has 2 rings (SSSR count). The second-order valence-corrected chi connectivity index (χ2v) is 3.68. The van der Waals surface area contributed by atoms with Gasteiger partial charge in [-0.15, -0.1) is 0 Å². The largest absolute Gasteiger partial charge is 0.455 e. The van der Waals surface area contributed by atoms with Gasteiger partial charge in [-0.1, -0.05) is 11.6 Å². The van der Waals surface area contributed by atoms with Crippen molar-refractivity contribution in [1.82, 2.24) is 4.98 Å². The molecule has 86 valence electrons. The highest BCUT2D eigenvalue weighted by molar-refractivity contribution is 6.30. The molecule has 0 N–H and O–H groups in total. The zero-order chi connectivity index (χ0) is 12.3. The van der Waals surface area contributed by atoms with E-state index in [2.05, 4.69) is 4.98 Å². The van der Waals surface area contributed by atoms with Crippen molar-refractivity contribution in [2.45, 2.75) is 0 Å². The third-order valence-electron chi connectivity index (χ3n) is 2.01. The molecule has 0 aliphatic carbocycles. The van der Waals surface area contributed by atoms with E-state index in [9.17, 15) is 9.18 Å². The third-order valence-corrected chi connectivity index (χ3v) is 2.21. The first-order valence-corrected chi connectivity index (χ1v) is 5.10. The van der Waals surface area contributed by atoms with E-state index < -0.39 is 5.82 Å². The fourth-order valence-electron chi connectivity index (χ4n) is 1.28. The van der Waals surface area contributed by atoms with Crippen LogP contribution in [0.25, 0.3) is 0 Å². The van der Waals surface area contributed by atoms with Gasteiger partial charge in [0.15, 0.2) is 6.29 Å². The first-order valence-electron chi connectivity index (χ1n) is 4.72. The molecule has 2 aromatic rings. The summed E-state index contributed by atoms with van der Waals surface area (Å²) in [6.45, 7) is 0. The molecule has 0 bridgehead atoms. The number of aromatic nitrogens is 1. The van der Waals surface area contributed by atoms with Gasteiger partial charge < -0.3 is 4.74 Å². The average Bonchev–Trinajstić information content (AvgIpc) is 2.31. The van der Waals surface area contributed by atoms with Gasteiger partial charge in [0.25, 0.3) is 0 Å². The van der Waals surface area contributed by atoms with Crippen LogP contribution in [0.1, 0.15) is 10.4 Å². The van der Waals surface area contributed by atoms with E-state index in [1.54, 1.807) is 6.07 Å². The molecule has 0 radical (unpaired) electrons. The maximum atomic E-state index is 12.9. The highest BCUT2D eigenvalue weighted by atomic mass is 35.5. The smallest absolute Gasteiger partial charge is 0.153 e. The van der Waals surface area contributed by atoms with Crippen LogP contribution in [0.2, 0.25) is 5.02 Å². The van der Waals surface area contributed by atoms with Crippen molar-refractivity contribution < 1.29 is 13.9 Å². The number of benzene rings is 1. The lowest BCUT2D eigenvalue weighted by Gasteiger charge is -2.07. The van der Waals surface area contributed by atoms with Crippen LogP contribution in [0.4, 0.5) is 4.39 Å². The maximum Gasteiger partial charge on any atom is 0.153 e. The number of halogens is 2. The maximum absolute atomic E-state index is 12.9. The Balaban J connectivity index is 2.32. The molecule has 0 amide bonds. The van der Waals surface area contributed by atoms with Gasteiger partial charge in [-0.25, -0.2) is 4.39 Å². The second-order valence-electron chi connectivity index (χ2n) is 3.24. The van der Waals surface area contributed by atoms with Gasteiger partial charge in [-0.2, -0.15) is 0 Å². The molecule has 0 aliphatic rings. The van der Waals surface area contributed by atoms with Gasteiger partial charge in [-0.3, -0.25) is 9.78 Å². The molecule has 0 atom stereocenters. The minimum atomic E-state index is -0.497. The fraction of sp³-hybridized carbons (Fsp3) is 0. The van der Waals surface area contributed by atoms with Crippen molar-refractivity contribution in [3.8, 4) is 11.5 Å². The quantitative estimate of drug-likeness (QED) is 0.784.